The van der Waals surface area contributed by atoms with Gasteiger partial charge in [0.05, 0.1) is 12.2 Å². The predicted molar refractivity (Wildman–Crippen MR) is 79.5 cm³/mol. The lowest BCUT2D eigenvalue weighted by atomic mass is 10.0. The number of rotatable bonds is 3. The number of carbonyl (C=O) groups is 1. The van der Waals surface area contributed by atoms with Gasteiger partial charge in [-0.3, -0.25) is 4.79 Å². The highest BCUT2D eigenvalue weighted by Gasteiger charge is 2.12. The van der Waals surface area contributed by atoms with Gasteiger partial charge in [0.25, 0.3) is 0 Å². The SMILES string of the molecule is CC#CCn1c(C(C)=O)cc2cc(C(C)C)ccc21. The van der Waals surface area contributed by atoms with Crippen molar-refractivity contribution in [3.05, 3.63) is 35.5 Å². The zero-order chi connectivity index (χ0) is 14.0. The Morgan fingerprint density at radius 1 is 1.32 bits per heavy atom. The van der Waals surface area contributed by atoms with Gasteiger partial charge >= 0.3 is 0 Å². The van der Waals surface area contributed by atoms with E-state index < -0.39 is 0 Å². The molecule has 0 aliphatic carbocycles. The lowest BCUT2D eigenvalue weighted by Gasteiger charge is -2.07. The van der Waals surface area contributed by atoms with Crippen molar-refractivity contribution in [2.45, 2.75) is 40.2 Å². The van der Waals surface area contributed by atoms with Gasteiger partial charge in [-0.2, -0.15) is 0 Å². The van der Waals surface area contributed by atoms with Crippen molar-refractivity contribution in [3.63, 3.8) is 0 Å². The van der Waals surface area contributed by atoms with E-state index >= 15 is 0 Å². The highest BCUT2D eigenvalue weighted by Crippen LogP contribution is 2.25. The van der Waals surface area contributed by atoms with Crippen molar-refractivity contribution in [1.29, 1.82) is 0 Å². The second-order valence-corrected chi connectivity index (χ2v) is 5.07. The molecular formula is C17H19NO. The van der Waals surface area contributed by atoms with Gasteiger partial charge < -0.3 is 4.57 Å². The molecule has 1 heterocycles. The first-order valence-electron chi connectivity index (χ1n) is 6.58. The van der Waals surface area contributed by atoms with Crippen molar-refractivity contribution in [2.75, 3.05) is 0 Å². The maximum atomic E-state index is 11.7. The smallest absolute Gasteiger partial charge is 0.176 e. The van der Waals surface area contributed by atoms with E-state index in [1.165, 1.54) is 5.56 Å². The number of hydrogen-bond donors (Lipinski definition) is 0. The van der Waals surface area contributed by atoms with Gasteiger partial charge in [0.1, 0.15) is 0 Å². The van der Waals surface area contributed by atoms with Crippen LogP contribution in [0.3, 0.4) is 0 Å². The second-order valence-electron chi connectivity index (χ2n) is 5.07. The number of nitrogens with zero attached hydrogens (tertiary/aromatic N) is 1. The number of hydrogen-bond acceptors (Lipinski definition) is 1. The van der Waals surface area contributed by atoms with Crippen LogP contribution < -0.4 is 0 Å². The molecule has 0 saturated carbocycles. The molecule has 0 unspecified atom stereocenters. The number of Topliss-reactive ketones (excluding diaryl/α,β-unsaturated/α-hetero) is 1. The molecule has 0 spiro atoms. The molecule has 2 aromatic rings. The third kappa shape index (κ3) is 2.56. The summed E-state index contributed by atoms with van der Waals surface area (Å²) >= 11 is 0. The molecule has 98 valence electrons. The molecule has 0 aliphatic rings. The number of fused-ring (bicyclic) bond motifs is 1. The fourth-order valence-electron chi connectivity index (χ4n) is 2.27. The van der Waals surface area contributed by atoms with Crippen LogP contribution in [0.5, 0.6) is 0 Å². The predicted octanol–water partition coefficient (Wildman–Crippen LogP) is 3.99. The van der Waals surface area contributed by atoms with Crippen molar-refractivity contribution in [3.8, 4) is 11.8 Å². The standard InChI is InChI=1S/C17H19NO/c1-5-6-9-18-16-8-7-14(12(2)3)10-15(16)11-17(18)13(4)19/h7-8,10-12H,9H2,1-4H3. The van der Waals surface area contributed by atoms with Crippen LogP contribution >= 0.6 is 0 Å². The van der Waals surface area contributed by atoms with Crippen molar-refractivity contribution < 1.29 is 4.79 Å². The van der Waals surface area contributed by atoms with Gasteiger partial charge in [0.15, 0.2) is 5.78 Å². The molecule has 0 fully saturated rings. The fraction of sp³-hybridized carbons (Fsp3) is 0.353. The van der Waals surface area contributed by atoms with Crippen LogP contribution in [0, 0.1) is 11.8 Å². The van der Waals surface area contributed by atoms with Crippen LogP contribution in [0.4, 0.5) is 0 Å². The molecule has 0 bridgehead atoms. The van der Waals surface area contributed by atoms with E-state index in [0.717, 1.165) is 16.6 Å². The Hall–Kier alpha value is -2.01. The summed E-state index contributed by atoms with van der Waals surface area (Å²) in [4.78, 5) is 11.7. The van der Waals surface area contributed by atoms with Crippen LogP contribution in [-0.4, -0.2) is 10.4 Å². The summed E-state index contributed by atoms with van der Waals surface area (Å²) in [5.74, 6) is 6.49. The molecule has 2 heteroatoms. The van der Waals surface area contributed by atoms with E-state index in [-0.39, 0.29) is 5.78 Å². The van der Waals surface area contributed by atoms with Crippen LogP contribution in [-0.2, 0) is 6.54 Å². The van der Waals surface area contributed by atoms with Gasteiger partial charge in [-0.15, -0.1) is 5.92 Å². The first kappa shape index (κ1) is 13.4. The molecule has 0 atom stereocenters. The molecular weight excluding hydrogens is 234 g/mol. The Kier molecular flexibility index (Phi) is 3.76. The summed E-state index contributed by atoms with van der Waals surface area (Å²) in [5, 5.41) is 1.12. The molecule has 0 aliphatic heterocycles. The van der Waals surface area contributed by atoms with E-state index in [2.05, 4.69) is 43.9 Å². The lowest BCUT2D eigenvalue weighted by Crippen LogP contribution is -2.05. The van der Waals surface area contributed by atoms with Crippen LogP contribution in [0.15, 0.2) is 24.3 Å². The number of aromatic nitrogens is 1. The zero-order valence-electron chi connectivity index (χ0n) is 11.9. The van der Waals surface area contributed by atoms with Crippen molar-refractivity contribution >= 4 is 16.7 Å². The summed E-state index contributed by atoms with van der Waals surface area (Å²) < 4.78 is 2.00. The van der Waals surface area contributed by atoms with E-state index in [4.69, 9.17) is 0 Å². The van der Waals surface area contributed by atoms with Gasteiger partial charge in [-0.1, -0.05) is 25.8 Å². The molecule has 1 aromatic carbocycles. The third-order valence-corrected chi connectivity index (χ3v) is 3.37. The minimum atomic E-state index is 0.0835. The Morgan fingerprint density at radius 2 is 2.05 bits per heavy atom. The molecule has 19 heavy (non-hydrogen) atoms. The topological polar surface area (TPSA) is 22.0 Å². The van der Waals surface area contributed by atoms with Gasteiger partial charge in [0.2, 0.25) is 0 Å². The van der Waals surface area contributed by atoms with Gasteiger partial charge in [-0.25, -0.2) is 0 Å². The Bertz CT molecular complexity index is 680. The quantitative estimate of drug-likeness (QED) is 0.599. The largest absolute Gasteiger partial charge is 0.326 e. The number of benzene rings is 1. The minimum absolute atomic E-state index is 0.0835. The molecule has 1 aromatic heterocycles. The minimum Gasteiger partial charge on any atom is -0.326 e. The average molecular weight is 253 g/mol. The van der Waals surface area contributed by atoms with Crippen LogP contribution in [0.2, 0.25) is 0 Å². The molecule has 0 radical (unpaired) electrons. The van der Waals surface area contributed by atoms with E-state index in [9.17, 15) is 4.79 Å². The van der Waals surface area contributed by atoms with Crippen molar-refractivity contribution in [2.24, 2.45) is 0 Å². The van der Waals surface area contributed by atoms with E-state index in [0.29, 0.717) is 12.5 Å². The molecule has 2 rings (SSSR count). The molecule has 2 nitrogen and oxygen atoms in total. The normalized spacial score (nSPS) is 10.6. The second kappa shape index (κ2) is 5.32. The highest BCUT2D eigenvalue weighted by atomic mass is 16.1. The van der Waals surface area contributed by atoms with E-state index in [1.807, 2.05) is 17.6 Å². The molecule has 0 N–H and O–H groups in total. The number of ketones is 1. The molecule has 0 saturated heterocycles. The fourth-order valence-corrected chi connectivity index (χ4v) is 2.27. The van der Waals surface area contributed by atoms with Gasteiger partial charge in [0, 0.05) is 17.8 Å². The van der Waals surface area contributed by atoms with Gasteiger partial charge in [-0.05, 0) is 36.6 Å². The first-order chi connectivity index (χ1) is 9.04. The third-order valence-electron chi connectivity index (χ3n) is 3.37. The summed E-state index contributed by atoms with van der Waals surface area (Å²) in [6.45, 7) is 8.33. The summed E-state index contributed by atoms with van der Waals surface area (Å²) in [5.41, 5.74) is 3.11. The lowest BCUT2D eigenvalue weighted by molar-refractivity contribution is 0.101. The average Bonchev–Trinajstić information content (AvgIpc) is 2.74. The highest BCUT2D eigenvalue weighted by molar-refractivity contribution is 5.98. The Labute approximate surface area is 114 Å². The van der Waals surface area contributed by atoms with Crippen LogP contribution in [0.25, 0.3) is 10.9 Å². The Morgan fingerprint density at radius 3 is 2.63 bits per heavy atom. The summed E-state index contributed by atoms with van der Waals surface area (Å²) in [6.07, 6.45) is 0. The first-order valence-corrected chi connectivity index (χ1v) is 6.58. The van der Waals surface area contributed by atoms with E-state index in [1.54, 1.807) is 6.92 Å². The van der Waals surface area contributed by atoms with Crippen molar-refractivity contribution in [1.82, 2.24) is 4.57 Å². The molecule has 0 amide bonds. The summed E-state index contributed by atoms with van der Waals surface area (Å²) in [7, 11) is 0. The Balaban J connectivity index is 2.65. The maximum Gasteiger partial charge on any atom is 0.176 e. The zero-order valence-corrected chi connectivity index (χ0v) is 11.9. The monoisotopic (exact) mass is 253 g/mol. The number of carbonyl (C=O) groups excluding carboxylic acids is 1. The summed E-state index contributed by atoms with van der Waals surface area (Å²) in [6, 6.07) is 8.37. The van der Waals surface area contributed by atoms with Crippen LogP contribution in [0.1, 0.15) is 49.7 Å². The maximum absolute atomic E-state index is 11.7.